The van der Waals surface area contributed by atoms with E-state index < -0.39 is 47.4 Å². The first kappa shape index (κ1) is 18.6. The van der Waals surface area contributed by atoms with E-state index in [-0.39, 0.29) is 18.2 Å². The van der Waals surface area contributed by atoms with Gasteiger partial charge in [0.15, 0.2) is 6.10 Å². The standard InChI is InChI=1S/C11H8F9NO/c12-9(13,14)5-1-4(2-6(3-5)10(15,16)17)7(21)8(22)11(18,19)20/h1-3,7-8,22H,21H2/t7-,8-/m0/s1. The molecule has 126 valence electrons. The first-order chi connectivity index (χ1) is 9.64. The maximum Gasteiger partial charge on any atom is 0.416 e. The molecule has 0 heterocycles. The van der Waals surface area contributed by atoms with Gasteiger partial charge in [-0.1, -0.05) is 0 Å². The van der Waals surface area contributed by atoms with E-state index in [1.54, 1.807) is 0 Å². The third-order valence-corrected chi connectivity index (χ3v) is 2.67. The van der Waals surface area contributed by atoms with Gasteiger partial charge in [0.1, 0.15) is 0 Å². The average Bonchev–Trinajstić information content (AvgIpc) is 2.33. The third kappa shape index (κ3) is 4.26. The number of hydrogen-bond donors (Lipinski definition) is 2. The van der Waals surface area contributed by atoms with E-state index in [9.17, 15) is 39.5 Å². The maximum absolute atomic E-state index is 12.5. The van der Waals surface area contributed by atoms with Crippen LogP contribution in [0.15, 0.2) is 18.2 Å². The molecule has 0 aliphatic carbocycles. The van der Waals surface area contributed by atoms with E-state index in [4.69, 9.17) is 10.8 Å². The molecule has 0 radical (unpaired) electrons. The summed E-state index contributed by atoms with van der Waals surface area (Å²) in [6.07, 6.45) is -19.1. The molecule has 1 aromatic rings. The zero-order valence-corrected chi connectivity index (χ0v) is 10.3. The van der Waals surface area contributed by atoms with Crippen molar-refractivity contribution >= 4 is 0 Å². The summed E-state index contributed by atoms with van der Waals surface area (Å²) in [5, 5.41) is 8.88. The molecule has 0 bridgehead atoms. The van der Waals surface area contributed by atoms with Gasteiger partial charge < -0.3 is 10.8 Å². The quantitative estimate of drug-likeness (QED) is 0.807. The van der Waals surface area contributed by atoms with Crippen LogP contribution in [-0.2, 0) is 12.4 Å². The Labute approximate surface area is 117 Å². The van der Waals surface area contributed by atoms with E-state index in [0.29, 0.717) is 0 Å². The van der Waals surface area contributed by atoms with Crippen LogP contribution >= 0.6 is 0 Å². The zero-order valence-electron chi connectivity index (χ0n) is 10.3. The third-order valence-electron chi connectivity index (χ3n) is 2.67. The second kappa shape index (κ2) is 5.61. The topological polar surface area (TPSA) is 46.2 Å². The lowest BCUT2D eigenvalue weighted by Gasteiger charge is -2.23. The van der Waals surface area contributed by atoms with E-state index in [1.165, 1.54) is 0 Å². The fourth-order valence-electron chi connectivity index (χ4n) is 1.56. The van der Waals surface area contributed by atoms with E-state index in [1.807, 2.05) is 0 Å². The molecule has 2 atom stereocenters. The van der Waals surface area contributed by atoms with Gasteiger partial charge in [-0.05, 0) is 23.8 Å². The van der Waals surface area contributed by atoms with Crippen molar-refractivity contribution in [2.75, 3.05) is 0 Å². The zero-order chi connectivity index (χ0) is 17.5. The molecule has 1 rings (SSSR count). The van der Waals surface area contributed by atoms with Crippen LogP contribution in [0.2, 0.25) is 0 Å². The summed E-state index contributed by atoms with van der Waals surface area (Å²) < 4.78 is 112. The van der Waals surface area contributed by atoms with Crippen LogP contribution < -0.4 is 5.73 Å². The van der Waals surface area contributed by atoms with Gasteiger partial charge in [-0.25, -0.2) is 0 Å². The molecule has 0 aliphatic rings. The monoisotopic (exact) mass is 341 g/mol. The molecule has 0 aliphatic heterocycles. The maximum atomic E-state index is 12.5. The van der Waals surface area contributed by atoms with Crippen molar-refractivity contribution in [2.45, 2.75) is 30.7 Å². The van der Waals surface area contributed by atoms with Gasteiger partial charge in [-0.2, -0.15) is 39.5 Å². The molecular weight excluding hydrogens is 333 g/mol. The van der Waals surface area contributed by atoms with Crippen molar-refractivity contribution in [1.29, 1.82) is 0 Å². The van der Waals surface area contributed by atoms with Crippen LogP contribution in [0.4, 0.5) is 39.5 Å². The predicted octanol–water partition coefficient (Wildman–Crippen LogP) is 3.65. The number of rotatable bonds is 2. The summed E-state index contributed by atoms with van der Waals surface area (Å²) in [5.41, 5.74) is 0.177. The predicted molar refractivity (Wildman–Crippen MR) is 55.4 cm³/mol. The lowest BCUT2D eigenvalue weighted by atomic mass is 9.96. The van der Waals surface area contributed by atoms with Gasteiger partial charge in [0.05, 0.1) is 17.2 Å². The molecule has 0 spiro atoms. The van der Waals surface area contributed by atoms with Gasteiger partial charge in [0.25, 0.3) is 0 Å². The first-order valence-electron chi connectivity index (χ1n) is 5.44. The summed E-state index contributed by atoms with van der Waals surface area (Å²) in [7, 11) is 0. The Hall–Kier alpha value is -1.49. The van der Waals surface area contributed by atoms with Crippen LogP contribution in [0.1, 0.15) is 22.7 Å². The minimum Gasteiger partial charge on any atom is -0.382 e. The van der Waals surface area contributed by atoms with Crippen LogP contribution in [0.5, 0.6) is 0 Å². The minimum absolute atomic E-state index is 0.0366. The number of aliphatic hydroxyl groups is 1. The second-order valence-electron chi connectivity index (χ2n) is 4.35. The number of benzene rings is 1. The molecule has 0 unspecified atom stereocenters. The molecule has 2 nitrogen and oxygen atoms in total. The number of nitrogens with two attached hydrogens (primary N) is 1. The fraction of sp³-hybridized carbons (Fsp3) is 0.455. The Morgan fingerprint density at radius 2 is 1.14 bits per heavy atom. The SMILES string of the molecule is N[C@@H](c1cc(C(F)(F)F)cc(C(F)(F)F)c1)[C@H](O)C(F)(F)F. The minimum atomic E-state index is -5.30. The molecule has 11 heteroatoms. The number of halogens is 9. The number of aliphatic hydroxyl groups excluding tert-OH is 1. The largest absolute Gasteiger partial charge is 0.416 e. The molecular formula is C11H8F9NO. The Morgan fingerprint density at radius 1 is 0.773 bits per heavy atom. The summed E-state index contributed by atoms with van der Waals surface area (Å²) in [4.78, 5) is 0. The smallest absolute Gasteiger partial charge is 0.382 e. The van der Waals surface area contributed by atoms with Crippen LogP contribution in [0.25, 0.3) is 0 Å². The Kier molecular flexibility index (Phi) is 4.73. The Balaban J connectivity index is 3.42. The van der Waals surface area contributed by atoms with Crippen molar-refractivity contribution in [3.05, 3.63) is 34.9 Å². The summed E-state index contributed by atoms with van der Waals surface area (Å²) in [6, 6.07) is -2.68. The number of alkyl halides is 9. The summed E-state index contributed by atoms with van der Waals surface area (Å²) in [5.74, 6) is 0. The van der Waals surface area contributed by atoms with Crippen molar-refractivity contribution in [1.82, 2.24) is 0 Å². The summed E-state index contributed by atoms with van der Waals surface area (Å²) >= 11 is 0. The normalized spacial score (nSPS) is 16.5. The van der Waals surface area contributed by atoms with Crippen molar-refractivity contribution < 1.29 is 44.6 Å². The highest BCUT2D eigenvalue weighted by molar-refractivity contribution is 5.35. The van der Waals surface area contributed by atoms with Crippen LogP contribution in [-0.4, -0.2) is 17.4 Å². The lowest BCUT2D eigenvalue weighted by Crippen LogP contribution is -2.39. The van der Waals surface area contributed by atoms with Gasteiger partial charge in [-0.15, -0.1) is 0 Å². The van der Waals surface area contributed by atoms with Crippen molar-refractivity contribution in [2.24, 2.45) is 5.73 Å². The van der Waals surface area contributed by atoms with Gasteiger partial charge in [0.2, 0.25) is 0 Å². The van der Waals surface area contributed by atoms with Gasteiger partial charge >= 0.3 is 18.5 Å². The average molecular weight is 341 g/mol. The lowest BCUT2D eigenvalue weighted by molar-refractivity contribution is -0.210. The van der Waals surface area contributed by atoms with E-state index in [2.05, 4.69) is 0 Å². The molecule has 0 saturated heterocycles. The van der Waals surface area contributed by atoms with E-state index >= 15 is 0 Å². The first-order valence-corrected chi connectivity index (χ1v) is 5.44. The van der Waals surface area contributed by atoms with Crippen molar-refractivity contribution in [3.8, 4) is 0 Å². The summed E-state index contributed by atoms with van der Waals surface area (Å²) in [6.45, 7) is 0. The van der Waals surface area contributed by atoms with Gasteiger partial charge in [-0.3, -0.25) is 0 Å². The highest BCUT2D eigenvalue weighted by Crippen LogP contribution is 2.38. The molecule has 0 saturated carbocycles. The molecule has 0 aromatic heterocycles. The van der Waals surface area contributed by atoms with Gasteiger partial charge in [0, 0.05) is 0 Å². The van der Waals surface area contributed by atoms with Crippen molar-refractivity contribution in [3.63, 3.8) is 0 Å². The van der Waals surface area contributed by atoms with Crippen LogP contribution in [0.3, 0.4) is 0 Å². The van der Waals surface area contributed by atoms with Crippen LogP contribution in [0, 0.1) is 0 Å². The second-order valence-corrected chi connectivity index (χ2v) is 4.35. The number of hydrogen-bond acceptors (Lipinski definition) is 2. The molecule has 22 heavy (non-hydrogen) atoms. The molecule has 0 fully saturated rings. The van der Waals surface area contributed by atoms with E-state index in [0.717, 1.165) is 0 Å². The molecule has 1 aromatic carbocycles. The highest BCUT2D eigenvalue weighted by atomic mass is 19.4. The highest BCUT2D eigenvalue weighted by Gasteiger charge is 2.44. The fourth-order valence-corrected chi connectivity index (χ4v) is 1.56. The Morgan fingerprint density at radius 3 is 1.41 bits per heavy atom. The molecule has 0 amide bonds. The molecule has 3 N–H and O–H groups in total. The Bertz CT molecular complexity index is 500.